The van der Waals surface area contributed by atoms with Gasteiger partial charge in [-0.05, 0) is 38.0 Å². The maximum absolute atomic E-state index is 12.7. The molecule has 1 saturated heterocycles. The smallest absolute Gasteiger partial charge is 0.256 e. The van der Waals surface area contributed by atoms with Crippen LogP contribution in [0, 0.1) is 0 Å². The predicted molar refractivity (Wildman–Crippen MR) is 81.6 cm³/mol. The third-order valence-corrected chi connectivity index (χ3v) is 3.83. The highest BCUT2D eigenvalue weighted by Crippen LogP contribution is 2.23. The van der Waals surface area contributed by atoms with E-state index in [2.05, 4.69) is 5.32 Å². The van der Waals surface area contributed by atoms with Crippen LogP contribution in [0.3, 0.4) is 0 Å². The van der Waals surface area contributed by atoms with Gasteiger partial charge in [-0.25, -0.2) is 0 Å². The van der Waals surface area contributed by atoms with E-state index in [4.69, 9.17) is 16.3 Å². The molecule has 1 aliphatic heterocycles. The van der Waals surface area contributed by atoms with Crippen molar-refractivity contribution < 1.29 is 9.53 Å². The monoisotopic (exact) mass is 296 g/mol. The van der Waals surface area contributed by atoms with Gasteiger partial charge in [-0.1, -0.05) is 11.6 Å². The summed E-state index contributed by atoms with van der Waals surface area (Å²) in [6.45, 7) is 4.09. The van der Waals surface area contributed by atoms with E-state index in [0.29, 0.717) is 23.7 Å². The highest BCUT2D eigenvalue weighted by Gasteiger charge is 2.23. The zero-order valence-corrected chi connectivity index (χ0v) is 12.7. The number of amides is 1. The maximum atomic E-state index is 12.7. The Kier molecular flexibility index (Phi) is 5.26. The van der Waals surface area contributed by atoms with Crippen molar-refractivity contribution in [3.63, 3.8) is 0 Å². The van der Waals surface area contributed by atoms with Crippen LogP contribution in [0.2, 0.25) is 5.02 Å². The fraction of sp³-hybridized carbons (Fsp3) is 0.533. The molecule has 0 bridgehead atoms. The molecule has 1 fully saturated rings. The lowest BCUT2D eigenvalue weighted by Gasteiger charge is -2.25. The minimum atomic E-state index is -0.00477. The minimum Gasteiger partial charge on any atom is -0.387 e. The predicted octanol–water partition coefficient (Wildman–Crippen LogP) is 3.02. The third kappa shape index (κ3) is 3.44. The van der Waals surface area contributed by atoms with Gasteiger partial charge in [0.05, 0.1) is 11.7 Å². The quantitative estimate of drug-likeness (QED) is 0.908. The van der Waals surface area contributed by atoms with E-state index in [1.54, 1.807) is 19.2 Å². The highest BCUT2D eigenvalue weighted by atomic mass is 35.5. The van der Waals surface area contributed by atoms with Crippen LogP contribution in [0.25, 0.3) is 0 Å². The number of halogens is 1. The zero-order valence-electron chi connectivity index (χ0n) is 12.0. The van der Waals surface area contributed by atoms with E-state index in [1.165, 1.54) is 0 Å². The van der Waals surface area contributed by atoms with Gasteiger partial charge in [-0.3, -0.25) is 4.79 Å². The van der Waals surface area contributed by atoms with Crippen molar-refractivity contribution >= 4 is 23.2 Å². The molecule has 20 heavy (non-hydrogen) atoms. The second kappa shape index (κ2) is 6.95. The van der Waals surface area contributed by atoms with Gasteiger partial charge in [0.2, 0.25) is 0 Å². The summed E-state index contributed by atoms with van der Waals surface area (Å²) >= 11 is 6.01. The van der Waals surface area contributed by atoms with Crippen LogP contribution in [0.15, 0.2) is 18.2 Å². The first-order valence-corrected chi connectivity index (χ1v) is 7.41. The number of carbonyl (C=O) groups excluding carboxylic acids is 1. The topological polar surface area (TPSA) is 41.6 Å². The number of carbonyl (C=O) groups is 1. The second-order valence-corrected chi connectivity index (χ2v) is 5.36. The number of hydrogen-bond donors (Lipinski definition) is 1. The molecule has 5 heteroatoms. The van der Waals surface area contributed by atoms with Crippen molar-refractivity contribution in [2.75, 3.05) is 32.1 Å². The fourth-order valence-corrected chi connectivity index (χ4v) is 2.64. The summed E-state index contributed by atoms with van der Waals surface area (Å²) in [6, 6.07) is 5.32. The summed E-state index contributed by atoms with van der Waals surface area (Å²) in [7, 11) is 1.80. The Labute approximate surface area is 125 Å². The van der Waals surface area contributed by atoms with Gasteiger partial charge in [0.15, 0.2) is 0 Å². The number of ether oxygens (including phenoxy) is 1. The standard InChI is InChI=1S/C15H21ClN2O2/c1-3-18(10-12-5-4-8-20-12)15(19)13-9-11(16)6-7-14(13)17-2/h6-7,9,12,17H,3-5,8,10H2,1-2H3. The number of likely N-dealkylation sites (N-methyl/N-ethyl adjacent to an activating group) is 1. The fourth-order valence-electron chi connectivity index (χ4n) is 2.47. The molecule has 110 valence electrons. The molecule has 1 aromatic carbocycles. The molecule has 1 N–H and O–H groups in total. The Bertz CT molecular complexity index is 473. The Morgan fingerprint density at radius 3 is 2.95 bits per heavy atom. The Hall–Kier alpha value is -1.26. The van der Waals surface area contributed by atoms with Gasteiger partial charge in [-0.2, -0.15) is 0 Å². The third-order valence-electron chi connectivity index (χ3n) is 3.60. The van der Waals surface area contributed by atoms with Crippen LogP contribution in [0.4, 0.5) is 5.69 Å². The van der Waals surface area contributed by atoms with Gasteiger partial charge in [0.25, 0.3) is 5.91 Å². The van der Waals surface area contributed by atoms with Crippen molar-refractivity contribution in [1.82, 2.24) is 4.90 Å². The first-order valence-electron chi connectivity index (χ1n) is 7.04. The summed E-state index contributed by atoms with van der Waals surface area (Å²) < 4.78 is 5.62. The summed E-state index contributed by atoms with van der Waals surface area (Å²) in [5, 5.41) is 3.61. The van der Waals surface area contributed by atoms with Crippen LogP contribution in [-0.4, -0.2) is 43.7 Å². The highest BCUT2D eigenvalue weighted by molar-refractivity contribution is 6.31. The largest absolute Gasteiger partial charge is 0.387 e. The number of nitrogens with zero attached hydrogens (tertiary/aromatic N) is 1. The van der Waals surface area contributed by atoms with Gasteiger partial charge in [-0.15, -0.1) is 0 Å². The lowest BCUT2D eigenvalue weighted by atomic mass is 10.1. The first kappa shape index (κ1) is 15.1. The number of rotatable bonds is 5. The Morgan fingerprint density at radius 1 is 1.55 bits per heavy atom. The SMILES string of the molecule is CCN(CC1CCCO1)C(=O)c1cc(Cl)ccc1NC. The number of anilines is 1. The summed E-state index contributed by atoms with van der Waals surface area (Å²) in [5.41, 5.74) is 1.41. The van der Waals surface area contributed by atoms with Crippen molar-refractivity contribution in [3.05, 3.63) is 28.8 Å². The molecule has 0 radical (unpaired) electrons. The summed E-state index contributed by atoms with van der Waals surface area (Å²) in [5.74, 6) is -0.00477. The first-order chi connectivity index (χ1) is 9.65. The summed E-state index contributed by atoms with van der Waals surface area (Å²) in [6.07, 6.45) is 2.27. The molecule has 0 aliphatic carbocycles. The zero-order chi connectivity index (χ0) is 14.5. The molecule has 1 aromatic rings. The Morgan fingerprint density at radius 2 is 2.35 bits per heavy atom. The van der Waals surface area contributed by atoms with Gasteiger partial charge in [0.1, 0.15) is 0 Å². The molecule has 1 aliphatic rings. The summed E-state index contributed by atoms with van der Waals surface area (Å²) in [4.78, 5) is 14.5. The molecule has 2 rings (SSSR count). The van der Waals surface area contributed by atoms with Gasteiger partial charge < -0.3 is 15.0 Å². The van der Waals surface area contributed by atoms with Crippen molar-refractivity contribution in [3.8, 4) is 0 Å². The van der Waals surface area contributed by atoms with Crippen molar-refractivity contribution in [2.24, 2.45) is 0 Å². The lowest BCUT2D eigenvalue weighted by Crippen LogP contribution is -2.37. The normalized spacial score (nSPS) is 18.1. The van der Waals surface area contributed by atoms with Crippen LogP contribution >= 0.6 is 11.6 Å². The molecule has 1 atom stereocenters. The Balaban J connectivity index is 2.16. The van der Waals surface area contributed by atoms with Crippen LogP contribution in [-0.2, 0) is 4.74 Å². The molecule has 1 unspecified atom stereocenters. The van der Waals surface area contributed by atoms with Crippen molar-refractivity contribution in [1.29, 1.82) is 0 Å². The molecule has 1 amide bonds. The average Bonchev–Trinajstić information content (AvgIpc) is 2.97. The number of nitrogens with one attached hydrogen (secondary N) is 1. The molecular weight excluding hydrogens is 276 g/mol. The molecular formula is C15H21ClN2O2. The van der Waals surface area contributed by atoms with E-state index in [9.17, 15) is 4.79 Å². The van der Waals surface area contributed by atoms with Crippen molar-refractivity contribution in [2.45, 2.75) is 25.9 Å². The van der Waals surface area contributed by atoms with Gasteiger partial charge in [0, 0.05) is 37.5 Å². The second-order valence-electron chi connectivity index (χ2n) is 4.92. The maximum Gasteiger partial charge on any atom is 0.256 e. The van der Waals surface area contributed by atoms with E-state index >= 15 is 0 Å². The number of benzene rings is 1. The lowest BCUT2D eigenvalue weighted by molar-refractivity contribution is 0.0540. The van der Waals surface area contributed by atoms with E-state index < -0.39 is 0 Å². The molecule has 4 nitrogen and oxygen atoms in total. The average molecular weight is 297 g/mol. The van der Waals surface area contributed by atoms with Gasteiger partial charge >= 0.3 is 0 Å². The van der Waals surface area contributed by atoms with Crippen LogP contribution in [0.1, 0.15) is 30.1 Å². The van der Waals surface area contributed by atoms with E-state index in [-0.39, 0.29) is 12.0 Å². The molecule has 0 saturated carbocycles. The molecule has 1 heterocycles. The van der Waals surface area contributed by atoms with Crippen LogP contribution in [0.5, 0.6) is 0 Å². The molecule has 0 spiro atoms. The van der Waals surface area contributed by atoms with E-state index in [0.717, 1.165) is 25.1 Å². The van der Waals surface area contributed by atoms with E-state index in [1.807, 2.05) is 17.9 Å². The van der Waals surface area contributed by atoms with Crippen LogP contribution < -0.4 is 5.32 Å². The minimum absolute atomic E-state index is 0.00477. The number of hydrogen-bond acceptors (Lipinski definition) is 3. The molecule has 0 aromatic heterocycles.